The Bertz CT molecular complexity index is 2720. The maximum Gasteiger partial charge on any atom is 0.409 e. The van der Waals surface area contributed by atoms with E-state index in [2.05, 4.69) is 55.7 Å². The largest absolute Gasteiger partial charge is 0.498 e. The Morgan fingerprint density at radius 3 is 2.44 bits per heavy atom. The standard InChI is InChI=1S/C58H81BrCl2N8O15/c1-12-38(23-22-35(5)64-52(73)39(19-17-24-63-55(62)76)65-53(74)50(33(2)3)66-45(70)21-14-13-15-25-81-36(6)31-59)54(75)68(8)32-47(72)83-44-29-46(71)69(9)40-27-37(28-41(79-10)48(40)60)26-34(4)18-16-20-43(80-11)58(78)30-42(82-56(77)67-58)49(61)51-57(44,7)84-51/h12,16,18,20,22-23,27-28,33,39,42-44,49-51,78H,1,6,13-15,17,19,21,24-26,29-32H2,2-5,7-11H3,(H,64,73)(H,65,74)(H,66,70)(H,67,77)(H3,62,63,76)/b20-16+,34-18+,35-22+,38-23+/t39-,42-,43+,44-,49+,50-,51-,57-,58-/m0/s1. The number of hydrogen-bond donors (Lipinski definition) is 7. The third-order valence-electron chi connectivity index (χ3n) is 14.2. The minimum absolute atomic E-state index is 0.0140. The number of rotatable bonds is 26. The monoisotopic (exact) mass is 1280 g/mol. The number of aliphatic hydroxyl groups is 1. The molecule has 3 aliphatic heterocycles. The van der Waals surface area contributed by atoms with E-state index in [1.54, 1.807) is 51.1 Å². The van der Waals surface area contributed by atoms with Gasteiger partial charge in [-0.15, -0.1) is 11.6 Å². The number of unbranched alkanes of at least 4 members (excludes halogenated alkanes) is 2. The summed E-state index contributed by atoms with van der Waals surface area (Å²) in [5.74, 6) is -3.25. The van der Waals surface area contributed by atoms with Crippen molar-refractivity contribution >= 4 is 92.4 Å². The zero-order valence-corrected chi connectivity index (χ0v) is 52.2. The lowest BCUT2D eigenvalue weighted by molar-refractivity contribution is -0.156. The van der Waals surface area contributed by atoms with Crippen LogP contribution in [-0.4, -0.2) is 164 Å². The van der Waals surface area contributed by atoms with Gasteiger partial charge in [0.05, 0.1) is 42.3 Å². The van der Waals surface area contributed by atoms with Crippen LogP contribution in [0.25, 0.3) is 0 Å². The van der Waals surface area contributed by atoms with E-state index in [-0.39, 0.29) is 60.3 Å². The molecule has 84 heavy (non-hydrogen) atoms. The summed E-state index contributed by atoms with van der Waals surface area (Å²) >= 11 is 17.1. The molecule has 8 amide bonds. The van der Waals surface area contributed by atoms with E-state index >= 15 is 0 Å². The lowest BCUT2D eigenvalue weighted by atomic mass is 9.89. The second-order valence-electron chi connectivity index (χ2n) is 21.3. The Balaban J connectivity index is 1.53. The van der Waals surface area contributed by atoms with Gasteiger partial charge < -0.3 is 70.3 Å². The number of halogens is 3. The van der Waals surface area contributed by atoms with Crippen molar-refractivity contribution in [2.75, 3.05) is 58.2 Å². The number of alkyl halides is 2. The molecule has 1 aromatic rings. The van der Waals surface area contributed by atoms with E-state index in [1.807, 2.05) is 6.92 Å². The van der Waals surface area contributed by atoms with Crippen LogP contribution in [0.5, 0.6) is 5.75 Å². The zero-order valence-electron chi connectivity index (χ0n) is 49.1. The highest BCUT2D eigenvalue weighted by Crippen LogP contribution is 2.48. The number of carbonyl (C=O) groups is 8. The molecule has 9 atom stereocenters. The van der Waals surface area contributed by atoms with Gasteiger partial charge in [0.25, 0.3) is 5.91 Å². The summed E-state index contributed by atoms with van der Waals surface area (Å²) in [7, 11) is 5.64. The molecule has 0 unspecified atom stereocenters. The first kappa shape index (κ1) is 70.0. The van der Waals surface area contributed by atoms with Crippen molar-refractivity contribution in [2.24, 2.45) is 11.7 Å². The summed E-state index contributed by atoms with van der Waals surface area (Å²) in [4.78, 5) is 110. The van der Waals surface area contributed by atoms with Gasteiger partial charge in [0.2, 0.25) is 23.6 Å². The minimum Gasteiger partial charge on any atom is -0.498 e. The maximum atomic E-state index is 14.4. The van der Waals surface area contributed by atoms with E-state index in [1.165, 1.54) is 58.4 Å². The van der Waals surface area contributed by atoms with Gasteiger partial charge in [-0.1, -0.05) is 84.4 Å². The van der Waals surface area contributed by atoms with Crippen molar-refractivity contribution < 1.29 is 71.9 Å². The number of primary amides is 1. The molecule has 1 aromatic carbocycles. The maximum absolute atomic E-state index is 14.4. The van der Waals surface area contributed by atoms with E-state index < -0.39 is 108 Å². The molecular weight excluding hydrogens is 1200 g/mol. The number of fused-ring (bicyclic) bond motifs is 5. The first-order valence-corrected chi connectivity index (χ1v) is 29.3. The first-order valence-electron chi connectivity index (χ1n) is 27.4. The van der Waals surface area contributed by atoms with E-state index in [0.717, 1.165) is 16.0 Å². The Kier molecular flexibility index (Phi) is 27.3. The second kappa shape index (κ2) is 32.7. The molecule has 23 nitrogen and oxygen atoms in total. The summed E-state index contributed by atoms with van der Waals surface area (Å²) in [5.41, 5.74) is 3.84. The molecule has 8 N–H and O–H groups in total. The number of alkyl carbamates (subject to hydrolysis) is 1. The highest BCUT2D eigenvalue weighted by molar-refractivity contribution is 9.09. The molecule has 2 fully saturated rings. The molecule has 4 bridgehead atoms. The van der Waals surface area contributed by atoms with E-state index in [4.69, 9.17) is 57.4 Å². The van der Waals surface area contributed by atoms with Gasteiger partial charge in [0, 0.05) is 51.9 Å². The van der Waals surface area contributed by atoms with Crippen LogP contribution < -0.4 is 42.0 Å². The number of ether oxygens (including phenoxy) is 6. The molecule has 3 heterocycles. The molecule has 4 rings (SSSR count). The predicted molar refractivity (Wildman–Crippen MR) is 320 cm³/mol. The quantitative estimate of drug-likeness (QED) is 0.0110. The van der Waals surface area contributed by atoms with Gasteiger partial charge in [-0.3, -0.25) is 34.1 Å². The van der Waals surface area contributed by atoms with Gasteiger partial charge in [0.15, 0.2) is 5.72 Å². The molecule has 26 heteroatoms. The van der Waals surface area contributed by atoms with Gasteiger partial charge >= 0.3 is 18.1 Å². The number of likely N-dealkylation sites (N-methyl/N-ethyl adjacent to an activating group) is 1. The lowest BCUT2D eigenvalue weighted by Crippen LogP contribution is -2.64. The van der Waals surface area contributed by atoms with Crippen LogP contribution in [0.15, 0.2) is 84.3 Å². The highest BCUT2D eigenvalue weighted by Gasteiger charge is 2.65. The Hall–Kier alpha value is -6.44. The number of amides is 8. The normalized spacial score (nSPS) is 24.5. The van der Waals surface area contributed by atoms with Crippen molar-refractivity contribution in [2.45, 2.75) is 146 Å². The van der Waals surface area contributed by atoms with Crippen molar-refractivity contribution in [3.63, 3.8) is 0 Å². The zero-order chi connectivity index (χ0) is 62.6. The molecular formula is C58H81BrCl2N8O15. The fraction of sp³-hybridized carbons (Fsp3) is 0.552. The number of urea groups is 1. The van der Waals surface area contributed by atoms with Crippen LogP contribution in [0.2, 0.25) is 5.02 Å². The number of epoxide rings is 1. The summed E-state index contributed by atoms with van der Waals surface area (Å²) in [6, 6.07) is 0.569. The Morgan fingerprint density at radius 2 is 1.80 bits per heavy atom. The molecule has 3 aliphatic rings. The number of anilines is 1. The fourth-order valence-corrected chi connectivity index (χ4v) is 10.3. The van der Waals surface area contributed by atoms with Gasteiger partial charge in [-0.25, -0.2) is 9.59 Å². The van der Waals surface area contributed by atoms with Crippen LogP contribution >= 0.6 is 39.1 Å². The topological polar surface area (TPSA) is 308 Å². The highest BCUT2D eigenvalue weighted by atomic mass is 79.9. The Labute approximate surface area is 509 Å². The number of nitrogens with one attached hydrogen (secondary N) is 5. The third kappa shape index (κ3) is 20.4. The first-order chi connectivity index (χ1) is 39.6. The average Bonchev–Trinajstić information content (AvgIpc) is 2.15. The third-order valence-corrected chi connectivity index (χ3v) is 15.7. The summed E-state index contributed by atoms with van der Waals surface area (Å²) < 4.78 is 34.5. The van der Waals surface area contributed by atoms with Gasteiger partial charge in [0.1, 0.15) is 59.4 Å². The molecule has 0 aliphatic carbocycles. The number of methoxy groups -OCH3 is 2. The van der Waals surface area contributed by atoms with Crippen molar-refractivity contribution in [1.29, 1.82) is 0 Å². The van der Waals surface area contributed by atoms with Crippen molar-refractivity contribution in [1.82, 2.24) is 31.5 Å². The molecule has 0 aromatic heterocycles. The second-order valence-corrected chi connectivity index (χ2v) is 22.7. The van der Waals surface area contributed by atoms with Crippen molar-refractivity contribution in [3.05, 3.63) is 94.9 Å². The van der Waals surface area contributed by atoms with Crippen LogP contribution in [0.1, 0.15) is 91.5 Å². The van der Waals surface area contributed by atoms with Crippen LogP contribution in [0.3, 0.4) is 0 Å². The number of esters is 1. The van der Waals surface area contributed by atoms with Crippen LogP contribution in [0, 0.1) is 5.92 Å². The minimum atomic E-state index is -1.99. The summed E-state index contributed by atoms with van der Waals surface area (Å²) in [5, 5.41) is 24.5. The fourth-order valence-electron chi connectivity index (χ4n) is 9.34. The number of benzene rings is 1. The molecule has 464 valence electrons. The van der Waals surface area contributed by atoms with Crippen LogP contribution in [-0.2, 0) is 58.9 Å². The molecule has 0 saturated carbocycles. The van der Waals surface area contributed by atoms with E-state index in [9.17, 15) is 43.5 Å². The number of hydrogen-bond acceptors (Lipinski definition) is 15. The number of nitrogens with two attached hydrogens (primary N) is 1. The van der Waals surface area contributed by atoms with Gasteiger partial charge in [-0.2, -0.15) is 0 Å². The molecule has 0 radical (unpaired) electrons. The number of allylic oxidation sites excluding steroid dienone is 7. The molecule has 0 spiro atoms. The SMILES string of the molecule is C=C/C(=C\C=C(/C)NC(=O)[C@H](CCCNC(N)=O)NC(=O)[C@@H](NC(=O)CCCCCOC(=C)CBr)C(C)C)C(=O)N(C)CC(=O)O[C@H]1CC(=O)N(C)c2cc(cc(OC)c2Cl)C/C(C)=C/C=C/[C@@H](OC)[C@@]2(O)C[C@H](OC(=O)N2)[C@@H](Cl)[C@@H]2O[C@@]12C. The molecule has 2 saturated heterocycles. The lowest BCUT2D eigenvalue weighted by Gasteiger charge is -2.41. The summed E-state index contributed by atoms with van der Waals surface area (Å²) in [6.07, 6.45) is 5.52. The van der Waals surface area contributed by atoms with Gasteiger partial charge in [-0.05, 0) is 95.1 Å². The Morgan fingerprint density at radius 1 is 1.08 bits per heavy atom. The summed E-state index contributed by atoms with van der Waals surface area (Å²) in [6.45, 7) is 15.9. The smallest absolute Gasteiger partial charge is 0.409 e. The number of carbonyl (C=O) groups excluding carboxylic acids is 8. The van der Waals surface area contributed by atoms with Crippen LogP contribution in [0.4, 0.5) is 15.3 Å². The predicted octanol–water partition coefficient (Wildman–Crippen LogP) is 5.79. The average molecular weight is 1280 g/mol. The van der Waals surface area contributed by atoms with Crippen molar-refractivity contribution in [3.8, 4) is 5.75 Å². The number of nitrogens with zero attached hydrogens (tertiary/aromatic N) is 2. The van der Waals surface area contributed by atoms with E-state index in [0.29, 0.717) is 54.8 Å².